The molecule has 0 amide bonds. The van der Waals surface area contributed by atoms with Gasteiger partial charge in [-0.05, 0) is 49.7 Å². The van der Waals surface area contributed by atoms with Crippen LogP contribution in [0.25, 0.3) is 11.3 Å². The summed E-state index contributed by atoms with van der Waals surface area (Å²) in [6.07, 6.45) is 1.10. The summed E-state index contributed by atoms with van der Waals surface area (Å²) >= 11 is 12.4. The highest BCUT2D eigenvalue weighted by atomic mass is 35.5. The first kappa shape index (κ1) is 19.0. The lowest BCUT2D eigenvalue weighted by Crippen LogP contribution is -2.29. The van der Waals surface area contributed by atoms with Gasteiger partial charge in [0, 0.05) is 16.8 Å². The number of halogens is 2. The number of hydrogen-bond acceptors (Lipinski definition) is 4. The Morgan fingerprint density at radius 1 is 1.04 bits per heavy atom. The molecule has 26 heavy (non-hydrogen) atoms. The maximum Gasteiger partial charge on any atom is 0.210 e. The normalized spacial score (nSPS) is 16.7. The first-order valence-corrected chi connectivity index (χ1v) is 10.4. The molecule has 1 aliphatic rings. The topological polar surface area (TPSA) is 60.4 Å². The molecule has 0 fully saturated rings. The third-order valence-electron chi connectivity index (χ3n) is 4.08. The summed E-state index contributed by atoms with van der Waals surface area (Å²) in [5, 5.41) is 0.679. The van der Waals surface area contributed by atoms with Crippen LogP contribution in [0.5, 0.6) is 0 Å². The van der Waals surface area contributed by atoms with E-state index in [9.17, 15) is 13.2 Å². The summed E-state index contributed by atoms with van der Waals surface area (Å²) < 4.78 is 29.4. The molecule has 0 saturated heterocycles. The molecule has 2 aromatic rings. The number of hydrogen-bond donors (Lipinski definition) is 0. The monoisotopic (exact) mass is 410 g/mol. The van der Waals surface area contributed by atoms with Crippen molar-refractivity contribution in [3.8, 4) is 0 Å². The molecular weight excluding hydrogens is 395 g/mol. The molecule has 0 aromatic heterocycles. The molecule has 4 nitrogen and oxygen atoms in total. The number of carbonyl (C=O) groups is 1. The summed E-state index contributed by atoms with van der Waals surface area (Å²) in [6, 6.07) is 11.3. The number of Topliss-reactive ketones (excluding diaryl/α,β-unsaturated/α-hetero) is 1. The third kappa shape index (κ3) is 3.39. The zero-order valence-electron chi connectivity index (χ0n) is 14.3. The van der Waals surface area contributed by atoms with Gasteiger partial charge in [0.15, 0.2) is 15.4 Å². The Hall–Kier alpha value is -1.82. The minimum Gasteiger partial charge on any atom is -0.478 e. The second-order valence-corrected chi connectivity index (χ2v) is 9.43. The van der Waals surface area contributed by atoms with E-state index in [1.54, 1.807) is 44.2 Å². The van der Waals surface area contributed by atoms with E-state index in [-0.39, 0.29) is 15.7 Å². The van der Waals surface area contributed by atoms with Crippen molar-refractivity contribution in [2.75, 3.05) is 6.26 Å². The zero-order chi connectivity index (χ0) is 19.3. The number of benzene rings is 2. The molecule has 0 aliphatic carbocycles. The van der Waals surface area contributed by atoms with Crippen LogP contribution in [0.15, 0.2) is 47.4 Å². The molecule has 0 saturated carbocycles. The lowest BCUT2D eigenvalue weighted by Gasteiger charge is -2.18. The van der Waals surface area contributed by atoms with Gasteiger partial charge in [0.1, 0.15) is 5.76 Å². The molecular formula is C19H16Cl2O4S. The smallest absolute Gasteiger partial charge is 0.210 e. The number of sulfone groups is 1. The largest absolute Gasteiger partial charge is 0.478 e. The highest BCUT2D eigenvalue weighted by Crippen LogP contribution is 2.43. The molecule has 1 aliphatic heterocycles. The zero-order valence-corrected chi connectivity index (χ0v) is 16.7. The van der Waals surface area contributed by atoms with Gasteiger partial charge in [-0.3, -0.25) is 4.79 Å². The molecule has 1 heterocycles. The van der Waals surface area contributed by atoms with Crippen LogP contribution < -0.4 is 0 Å². The number of rotatable bonds is 3. The molecule has 0 spiro atoms. The average Bonchev–Trinajstić information content (AvgIpc) is 2.76. The Labute approximate surface area is 162 Å². The van der Waals surface area contributed by atoms with Crippen molar-refractivity contribution in [2.45, 2.75) is 24.3 Å². The minimum atomic E-state index is -3.40. The molecule has 136 valence electrons. The second-order valence-electron chi connectivity index (χ2n) is 6.57. The summed E-state index contributed by atoms with van der Waals surface area (Å²) in [5.41, 5.74) is 0.372. The van der Waals surface area contributed by atoms with E-state index >= 15 is 0 Å². The molecule has 2 aromatic carbocycles. The highest BCUT2D eigenvalue weighted by molar-refractivity contribution is 7.90. The van der Waals surface area contributed by atoms with Crippen molar-refractivity contribution >= 4 is 50.2 Å². The third-order valence-corrected chi connectivity index (χ3v) is 5.74. The van der Waals surface area contributed by atoms with Crippen molar-refractivity contribution < 1.29 is 17.9 Å². The van der Waals surface area contributed by atoms with Crippen LogP contribution >= 0.6 is 23.2 Å². The van der Waals surface area contributed by atoms with Crippen LogP contribution in [-0.4, -0.2) is 26.1 Å². The van der Waals surface area contributed by atoms with Crippen LogP contribution in [-0.2, 0) is 19.4 Å². The van der Waals surface area contributed by atoms with Crippen LogP contribution in [0.1, 0.15) is 25.0 Å². The Bertz CT molecular complexity index is 1050. The molecule has 7 heteroatoms. The van der Waals surface area contributed by atoms with Gasteiger partial charge in [-0.1, -0.05) is 35.3 Å². The fraction of sp³-hybridized carbons (Fsp3) is 0.211. The van der Waals surface area contributed by atoms with Crippen LogP contribution in [0.3, 0.4) is 0 Å². The van der Waals surface area contributed by atoms with E-state index in [0.717, 1.165) is 6.26 Å². The fourth-order valence-electron chi connectivity index (χ4n) is 2.76. The number of ether oxygens (including phenoxy) is 1. The van der Waals surface area contributed by atoms with Gasteiger partial charge in [0.25, 0.3) is 0 Å². The molecule has 3 rings (SSSR count). The van der Waals surface area contributed by atoms with Gasteiger partial charge in [0.2, 0.25) is 5.78 Å². The maximum absolute atomic E-state index is 12.9. The van der Waals surface area contributed by atoms with Gasteiger partial charge in [-0.25, -0.2) is 8.42 Å². The van der Waals surface area contributed by atoms with Gasteiger partial charge < -0.3 is 4.74 Å². The van der Waals surface area contributed by atoms with Gasteiger partial charge in [0.05, 0.1) is 15.5 Å². The van der Waals surface area contributed by atoms with E-state index in [0.29, 0.717) is 27.5 Å². The molecule has 0 bridgehead atoms. The minimum absolute atomic E-state index is 0.0970. The van der Waals surface area contributed by atoms with Gasteiger partial charge in [-0.2, -0.15) is 0 Å². The average molecular weight is 411 g/mol. The molecule has 0 unspecified atom stereocenters. The van der Waals surface area contributed by atoms with Gasteiger partial charge in [-0.15, -0.1) is 0 Å². The predicted molar refractivity (Wildman–Crippen MR) is 103 cm³/mol. The fourth-order valence-corrected chi connectivity index (χ4v) is 3.93. The quantitative estimate of drug-likeness (QED) is 0.738. The lowest BCUT2D eigenvalue weighted by molar-refractivity contribution is -0.125. The van der Waals surface area contributed by atoms with Crippen molar-refractivity contribution in [1.82, 2.24) is 0 Å². The predicted octanol–water partition coefficient (Wildman–Crippen LogP) is 4.64. The number of ketones is 1. The van der Waals surface area contributed by atoms with E-state index < -0.39 is 15.4 Å². The summed E-state index contributed by atoms with van der Waals surface area (Å²) in [5.74, 6) is 0.116. The van der Waals surface area contributed by atoms with Gasteiger partial charge >= 0.3 is 0 Å². The van der Waals surface area contributed by atoms with Crippen LogP contribution in [0.4, 0.5) is 0 Å². The SMILES string of the molecule is CC1(C)OC(c2ccc(S(C)(=O)=O)cc2Cl)=C(c2cccc(Cl)c2)C1=O. The van der Waals surface area contributed by atoms with Crippen molar-refractivity contribution in [1.29, 1.82) is 0 Å². The standard InChI is InChI=1S/C19H16Cl2O4S/c1-19(2)18(22)16(11-5-4-6-12(20)9-11)17(25-19)14-8-7-13(10-15(14)21)26(3,23)24/h4-10H,1-3H3. The van der Waals surface area contributed by atoms with E-state index in [4.69, 9.17) is 27.9 Å². The Balaban J connectivity index is 2.24. The summed E-state index contributed by atoms with van der Waals surface area (Å²) in [7, 11) is -3.40. The Morgan fingerprint density at radius 2 is 1.73 bits per heavy atom. The summed E-state index contributed by atoms with van der Waals surface area (Å²) in [6.45, 7) is 3.34. The van der Waals surface area contributed by atoms with E-state index in [1.807, 2.05) is 0 Å². The first-order chi connectivity index (χ1) is 12.0. The maximum atomic E-state index is 12.9. The van der Waals surface area contributed by atoms with Crippen molar-refractivity contribution in [3.63, 3.8) is 0 Å². The Kier molecular flexibility index (Phi) is 4.67. The van der Waals surface area contributed by atoms with E-state index in [2.05, 4.69) is 0 Å². The lowest BCUT2D eigenvalue weighted by atomic mass is 9.92. The first-order valence-electron chi connectivity index (χ1n) is 7.75. The summed E-state index contributed by atoms with van der Waals surface area (Å²) in [4.78, 5) is 13.0. The van der Waals surface area contributed by atoms with Crippen molar-refractivity contribution in [3.05, 3.63) is 63.6 Å². The Morgan fingerprint density at radius 3 is 2.31 bits per heavy atom. The highest BCUT2D eigenvalue weighted by Gasteiger charge is 2.43. The van der Waals surface area contributed by atoms with Crippen LogP contribution in [0.2, 0.25) is 10.0 Å². The van der Waals surface area contributed by atoms with Crippen molar-refractivity contribution in [2.24, 2.45) is 0 Å². The molecule has 0 N–H and O–H groups in total. The van der Waals surface area contributed by atoms with E-state index in [1.165, 1.54) is 12.1 Å². The number of carbonyl (C=O) groups excluding carboxylic acids is 1. The molecule has 0 atom stereocenters. The molecule has 0 radical (unpaired) electrons. The second kappa shape index (κ2) is 6.41. The van der Waals surface area contributed by atoms with Crippen LogP contribution in [0, 0.1) is 0 Å².